The van der Waals surface area contributed by atoms with Crippen molar-refractivity contribution >= 4 is 41.5 Å². The van der Waals surface area contributed by atoms with Crippen LogP contribution in [0, 0.1) is 6.92 Å². The van der Waals surface area contributed by atoms with Gasteiger partial charge in [0.05, 0.1) is 5.52 Å². The third-order valence-corrected chi connectivity index (χ3v) is 3.61. The van der Waals surface area contributed by atoms with E-state index in [1.807, 2.05) is 6.07 Å². The largest absolute Gasteiger partial charge is 0.367 e. The third kappa shape index (κ3) is 3.75. The van der Waals surface area contributed by atoms with Crippen molar-refractivity contribution in [1.82, 2.24) is 10.3 Å². The number of aromatic nitrogens is 1. The Labute approximate surface area is 132 Å². The molecule has 1 aromatic heterocycles. The first-order chi connectivity index (χ1) is 8.83. The molecule has 3 nitrogen and oxygen atoms in total. The molecule has 2 aromatic rings. The lowest BCUT2D eigenvalue weighted by atomic mass is 10.1. The summed E-state index contributed by atoms with van der Waals surface area (Å²) in [5.74, 6) is 1.01. The van der Waals surface area contributed by atoms with E-state index < -0.39 is 0 Å². The van der Waals surface area contributed by atoms with E-state index in [0.717, 1.165) is 24.4 Å². The zero-order chi connectivity index (χ0) is 12.4. The van der Waals surface area contributed by atoms with Gasteiger partial charge in [0.2, 0.25) is 0 Å². The van der Waals surface area contributed by atoms with E-state index in [4.69, 9.17) is 4.98 Å². The van der Waals surface area contributed by atoms with Crippen LogP contribution in [0.4, 0.5) is 5.82 Å². The second kappa shape index (κ2) is 7.67. The van der Waals surface area contributed by atoms with Crippen molar-refractivity contribution in [2.45, 2.75) is 25.8 Å². The molecule has 0 unspecified atom stereocenters. The number of nitrogens with zero attached hydrogens (tertiary/aromatic N) is 1. The van der Waals surface area contributed by atoms with Gasteiger partial charge >= 0.3 is 0 Å². The topological polar surface area (TPSA) is 37.0 Å². The molecule has 0 saturated carbocycles. The molecule has 2 N–H and O–H groups in total. The van der Waals surface area contributed by atoms with Crippen LogP contribution >= 0.6 is 24.8 Å². The first-order valence-electron chi connectivity index (χ1n) is 6.66. The van der Waals surface area contributed by atoms with Gasteiger partial charge in [-0.1, -0.05) is 18.2 Å². The molecule has 0 amide bonds. The Balaban J connectivity index is 0.000001000. The number of piperidine rings is 1. The second-order valence-electron chi connectivity index (χ2n) is 5.01. The Morgan fingerprint density at radius 1 is 1.15 bits per heavy atom. The van der Waals surface area contributed by atoms with Crippen molar-refractivity contribution in [3.63, 3.8) is 0 Å². The number of pyridine rings is 1. The number of halogens is 2. The van der Waals surface area contributed by atoms with E-state index in [9.17, 15) is 0 Å². The molecular formula is C15H21Cl2N3. The molecule has 1 saturated heterocycles. The zero-order valence-electron chi connectivity index (χ0n) is 11.6. The summed E-state index contributed by atoms with van der Waals surface area (Å²) >= 11 is 0. The summed E-state index contributed by atoms with van der Waals surface area (Å²) in [5, 5.41) is 8.19. The van der Waals surface area contributed by atoms with Crippen LogP contribution in [-0.4, -0.2) is 24.1 Å². The molecule has 1 aromatic carbocycles. The number of hydrogen-bond donors (Lipinski definition) is 2. The van der Waals surface area contributed by atoms with Crippen LogP contribution in [0.25, 0.3) is 10.9 Å². The van der Waals surface area contributed by atoms with Crippen molar-refractivity contribution in [2.75, 3.05) is 18.4 Å². The number of para-hydroxylation sites is 1. The smallest absolute Gasteiger partial charge is 0.127 e. The number of aryl methyl sites for hydroxylation is 1. The Hall–Kier alpha value is -1.03. The first kappa shape index (κ1) is 17.0. The molecule has 1 aliphatic heterocycles. The lowest BCUT2D eigenvalue weighted by molar-refractivity contribution is 0.478. The van der Waals surface area contributed by atoms with Crippen molar-refractivity contribution in [2.24, 2.45) is 0 Å². The fourth-order valence-corrected chi connectivity index (χ4v) is 2.60. The monoisotopic (exact) mass is 313 g/mol. The molecule has 3 rings (SSSR count). The molecule has 2 heterocycles. The Morgan fingerprint density at radius 2 is 1.85 bits per heavy atom. The molecule has 0 spiro atoms. The quantitative estimate of drug-likeness (QED) is 0.890. The van der Waals surface area contributed by atoms with Gasteiger partial charge in [-0.25, -0.2) is 4.98 Å². The summed E-state index contributed by atoms with van der Waals surface area (Å²) < 4.78 is 0. The maximum absolute atomic E-state index is 4.70. The predicted molar refractivity (Wildman–Crippen MR) is 90.5 cm³/mol. The fraction of sp³-hybridized carbons (Fsp3) is 0.400. The zero-order valence-corrected chi connectivity index (χ0v) is 13.2. The van der Waals surface area contributed by atoms with Gasteiger partial charge in [-0.2, -0.15) is 0 Å². The molecule has 1 fully saturated rings. The van der Waals surface area contributed by atoms with Gasteiger partial charge in [0.15, 0.2) is 0 Å². The number of hydrogen-bond acceptors (Lipinski definition) is 3. The van der Waals surface area contributed by atoms with E-state index in [1.165, 1.54) is 23.8 Å². The highest BCUT2D eigenvalue weighted by Crippen LogP contribution is 2.21. The Kier molecular flexibility index (Phi) is 6.53. The van der Waals surface area contributed by atoms with Gasteiger partial charge in [-0.15, -0.1) is 24.8 Å². The minimum atomic E-state index is 0. The lowest BCUT2D eigenvalue weighted by Crippen LogP contribution is -2.35. The van der Waals surface area contributed by atoms with Gasteiger partial charge in [-0.05, 0) is 50.6 Å². The van der Waals surface area contributed by atoms with E-state index in [1.54, 1.807) is 0 Å². The highest BCUT2D eigenvalue weighted by atomic mass is 35.5. The van der Waals surface area contributed by atoms with Crippen molar-refractivity contribution in [3.05, 3.63) is 35.9 Å². The molecule has 20 heavy (non-hydrogen) atoms. The van der Waals surface area contributed by atoms with Crippen LogP contribution in [0.2, 0.25) is 0 Å². The highest BCUT2D eigenvalue weighted by Gasteiger charge is 2.13. The Morgan fingerprint density at radius 3 is 2.60 bits per heavy atom. The SMILES string of the molecule is Cc1cc(NC2CCNCC2)nc2ccccc12.Cl.Cl. The number of nitrogens with one attached hydrogen (secondary N) is 2. The third-order valence-electron chi connectivity index (χ3n) is 3.61. The van der Waals surface area contributed by atoms with E-state index in [0.29, 0.717) is 6.04 Å². The summed E-state index contributed by atoms with van der Waals surface area (Å²) in [6.45, 7) is 4.35. The normalized spacial score (nSPS) is 15.2. The summed E-state index contributed by atoms with van der Waals surface area (Å²) in [7, 11) is 0. The van der Waals surface area contributed by atoms with Crippen LogP contribution in [0.3, 0.4) is 0 Å². The maximum atomic E-state index is 4.70. The number of anilines is 1. The van der Waals surface area contributed by atoms with Crippen LogP contribution in [0.5, 0.6) is 0 Å². The van der Waals surface area contributed by atoms with Crippen molar-refractivity contribution in [3.8, 4) is 0 Å². The molecule has 110 valence electrons. The van der Waals surface area contributed by atoms with Crippen LogP contribution < -0.4 is 10.6 Å². The maximum Gasteiger partial charge on any atom is 0.127 e. The summed E-state index contributed by atoms with van der Waals surface area (Å²) in [6, 6.07) is 11.0. The fourth-order valence-electron chi connectivity index (χ4n) is 2.60. The van der Waals surface area contributed by atoms with E-state index in [-0.39, 0.29) is 24.8 Å². The second-order valence-corrected chi connectivity index (χ2v) is 5.01. The number of benzene rings is 1. The molecular weight excluding hydrogens is 293 g/mol. The molecule has 1 aliphatic rings. The van der Waals surface area contributed by atoms with Gasteiger partial charge in [-0.3, -0.25) is 0 Å². The molecule has 0 radical (unpaired) electrons. The molecule has 0 atom stereocenters. The molecule has 0 bridgehead atoms. The van der Waals surface area contributed by atoms with Gasteiger partial charge in [0.1, 0.15) is 5.82 Å². The first-order valence-corrected chi connectivity index (χ1v) is 6.66. The minimum Gasteiger partial charge on any atom is -0.367 e. The average molecular weight is 314 g/mol. The van der Waals surface area contributed by atoms with Crippen LogP contribution in [-0.2, 0) is 0 Å². The highest BCUT2D eigenvalue weighted by molar-refractivity contribution is 5.85. The standard InChI is InChI=1S/C15H19N3.2ClH/c1-11-10-15(17-12-6-8-16-9-7-12)18-14-5-3-2-4-13(11)14;;/h2-5,10,12,16H,6-9H2,1H3,(H,17,18);2*1H. The summed E-state index contributed by atoms with van der Waals surface area (Å²) in [4.78, 5) is 4.70. The molecule has 5 heteroatoms. The number of fused-ring (bicyclic) bond motifs is 1. The molecule has 0 aliphatic carbocycles. The van der Waals surface area contributed by atoms with Crippen LogP contribution in [0.15, 0.2) is 30.3 Å². The average Bonchev–Trinajstić information content (AvgIpc) is 2.40. The van der Waals surface area contributed by atoms with E-state index in [2.05, 4.69) is 41.8 Å². The lowest BCUT2D eigenvalue weighted by Gasteiger charge is -2.24. The predicted octanol–water partition coefficient (Wildman–Crippen LogP) is 3.55. The minimum absolute atomic E-state index is 0. The Bertz CT molecular complexity index is 554. The van der Waals surface area contributed by atoms with E-state index >= 15 is 0 Å². The van der Waals surface area contributed by atoms with Gasteiger partial charge in [0, 0.05) is 11.4 Å². The van der Waals surface area contributed by atoms with Crippen molar-refractivity contribution < 1.29 is 0 Å². The van der Waals surface area contributed by atoms with Gasteiger partial charge in [0.25, 0.3) is 0 Å². The van der Waals surface area contributed by atoms with Gasteiger partial charge < -0.3 is 10.6 Å². The summed E-state index contributed by atoms with van der Waals surface area (Å²) in [6.07, 6.45) is 2.35. The van der Waals surface area contributed by atoms with Crippen LogP contribution in [0.1, 0.15) is 18.4 Å². The van der Waals surface area contributed by atoms with Crippen molar-refractivity contribution in [1.29, 1.82) is 0 Å². The number of rotatable bonds is 2. The summed E-state index contributed by atoms with van der Waals surface area (Å²) in [5.41, 5.74) is 2.37.